The van der Waals surface area contributed by atoms with Crippen LogP contribution in [0.3, 0.4) is 0 Å². The number of allylic oxidation sites excluding steroid dienone is 3. The molecule has 0 aliphatic rings. The molecule has 1 N–H and O–H groups in total. The van der Waals surface area contributed by atoms with E-state index >= 15 is 0 Å². The van der Waals surface area contributed by atoms with E-state index in [9.17, 15) is 9.59 Å². The molecule has 1 unspecified atom stereocenters. The van der Waals surface area contributed by atoms with Crippen molar-refractivity contribution in [3.63, 3.8) is 0 Å². The number of carboxylic acid groups (broad SMARTS) is 1. The van der Waals surface area contributed by atoms with Crippen molar-refractivity contribution in [1.29, 1.82) is 0 Å². The molecule has 4 nitrogen and oxygen atoms in total. The molecule has 4 heteroatoms. The molecule has 0 radical (unpaired) electrons. The van der Waals surface area contributed by atoms with E-state index in [0.717, 1.165) is 64.2 Å². The number of ether oxygens (including phenoxy) is 1. The van der Waals surface area contributed by atoms with Gasteiger partial charge in [-0.1, -0.05) is 173 Å². The monoisotopic (exact) mass is 661 g/mol. The molecule has 0 heterocycles. The van der Waals surface area contributed by atoms with Crippen molar-refractivity contribution in [2.24, 2.45) is 0 Å². The van der Waals surface area contributed by atoms with Crippen LogP contribution in [0.5, 0.6) is 0 Å². The number of aliphatic carboxylic acids is 1. The van der Waals surface area contributed by atoms with Gasteiger partial charge in [-0.15, -0.1) is 0 Å². The molecular formula is C43H80O4. The number of carboxylic acids is 1. The Kier molecular flexibility index (Phi) is 37.6. The first-order valence-electron chi connectivity index (χ1n) is 20.8. The average molecular weight is 661 g/mol. The van der Waals surface area contributed by atoms with Gasteiger partial charge in [-0.3, -0.25) is 9.59 Å². The number of rotatable bonds is 38. The highest BCUT2D eigenvalue weighted by atomic mass is 16.5. The summed E-state index contributed by atoms with van der Waals surface area (Å²) < 4.78 is 5.94. The summed E-state index contributed by atoms with van der Waals surface area (Å²) in [6.45, 7) is 4.54. The van der Waals surface area contributed by atoms with Gasteiger partial charge in [0.2, 0.25) is 0 Å². The van der Waals surface area contributed by atoms with Crippen LogP contribution in [0.15, 0.2) is 24.3 Å². The minimum absolute atomic E-state index is 0.0368. The van der Waals surface area contributed by atoms with Crippen LogP contribution in [0, 0.1) is 0 Å². The molecule has 0 aliphatic heterocycles. The third-order valence-electron chi connectivity index (χ3n) is 9.38. The van der Waals surface area contributed by atoms with Gasteiger partial charge in [0.1, 0.15) is 6.10 Å². The van der Waals surface area contributed by atoms with Gasteiger partial charge in [-0.2, -0.15) is 0 Å². The summed E-state index contributed by atoms with van der Waals surface area (Å²) in [5, 5.41) is 8.78. The zero-order valence-electron chi connectivity index (χ0n) is 31.6. The minimum atomic E-state index is -0.698. The Balaban J connectivity index is 3.97. The highest BCUT2D eigenvalue weighted by Gasteiger charge is 2.11. The molecule has 0 saturated carbocycles. The van der Waals surface area contributed by atoms with E-state index in [1.807, 2.05) is 0 Å². The molecule has 0 amide bonds. The van der Waals surface area contributed by atoms with Gasteiger partial charge < -0.3 is 9.84 Å². The highest BCUT2D eigenvalue weighted by Crippen LogP contribution is 2.16. The third kappa shape index (κ3) is 38.7. The first-order chi connectivity index (χ1) is 23.1. The molecule has 0 saturated heterocycles. The molecule has 0 spiro atoms. The number of hydrogen-bond donors (Lipinski definition) is 1. The molecule has 0 aromatic carbocycles. The van der Waals surface area contributed by atoms with Crippen molar-refractivity contribution in [3.8, 4) is 0 Å². The topological polar surface area (TPSA) is 63.6 Å². The van der Waals surface area contributed by atoms with Crippen molar-refractivity contribution in [1.82, 2.24) is 0 Å². The second-order valence-corrected chi connectivity index (χ2v) is 14.2. The Labute approximate surface area is 293 Å². The lowest BCUT2D eigenvalue weighted by molar-refractivity contribution is -0.147. The van der Waals surface area contributed by atoms with Crippen LogP contribution < -0.4 is 0 Å². The van der Waals surface area contributed by atoms with Crippen LogP contribution >= 0.6 is 0 Å². The Hall–Kier alpha value is -1.58. The van der Waals surface area contributed by atoms with Crippen LogP contribution in [-0.2, 0) is 14.3 Å². The average Bonchev–Trinajstić information content (AvgIpc) is 3.05. The Morgan fingerprint density at radius 3 is 1.28 bits per heavy atom. The second-order valence-electron chi connectivity index (χ2n) is 14.2. The maximum absolute atomic E-state index is 12.6. The number of carbonyl (C=O) groups is 2. The molecule has 0 bridgehead atoms. The van der Waals surface area contributed by atoms with Crippen molar-refractivity contribution in [2.45, 2.75) is 238 Å². The summed E-state index contributed by atoms with van der Waals surface area (Å²) >= 11 is 0. The number of unbranched alkanes of at least 4 members (excludes halogenated alkanes) is 27. The Morgan fingerprint density at radius 1 is 0.468 bits per heavy atom. The zero-order chi connectivity index (χ0) is 34.3. The fourth-order valence-electron chi connectivity index (χ4n) is 6.27. The first kappa shape index (κ1) is 45.4. The van der Waals surface area contributed by atoms with E-state index in [-0.39, 0.29) is 18.5 Å². The van der Waals surface area contributed by atoms with E-state index in [1.165, 1.54) is 141 Å². The molecule has 0 fully saturated rings. The zero-order valence-corrected chi connectivity index (χ0v) is 31.6. The van der Waals surface area contributed by atoms with Crippen LogP contribution in [0.25, 0.3) is 0 Å². The van der Waals surface area contributed by atoms with Crippen LogP contribution in [0.1, 0.15) is 232 Å². The molecule has 0 rings (SSSR count). The standard InChI is InChI=1S/C43H80O4/c1-3-5-7-9-11-13-14-15-16-17-18-19-20-21-22-24-26-32-36-40-43(46)47-41(37-33-29-25-23-12-10-8-6-4-2)38-34-30-27-28-31-35-39-42(44)45/h15-16,33,37,41H,3-14,17-32,34-36,38-40H2,1-2H3,(H,44,45)/b16-15-,37-33-. The van der Waals surface area contributed by atoms with Crippen molar-refractivity contribution < 1.29 is 19.4 Å². The Bertz CT molecular complexity index is 713. The van der Waals surface area contributed by atoms with Crippen LogP contribution in [0.2, 0.25) is 0 Å². The predicted molar refractivity (Wildman–Crippen MR) is 204 cm³/mol. The van der Waals surface area contributed by atoms with E-state index in [2.05, 4.69) is 38.2 Å². The lowest BCUT2D eigenvalue weighted by Gasteiger charge is -2.15. The quantitative estimate of drug-likeness (QED) is 0.0407. The second kappa shape index (κ2) is 38.9. The smallest absolute Gasteiger partial charge is 0.306 e. The lowest BCUT2D eigenvalue weighted by atomic mass is 10.0. The molecule has 276 valence electrons. The van der Waals surface area contributed by atoms with E-state index in [4.69, 9.17) is 9.84 Å². The van der Waals surface area contributed by atoms with Crippen LogP contribution in [-0.4, -0.2) is 23.1 Å². The van der Waals surface area contributed by atoms with Gasteiger partial charge >= 0.3 is 11.9 Å². The van der Waals surface area contributed by atoms with Gasteiger partial charge in [-0.25, -0.2) is 0 Å². The minimum Gasteiger partial charge on any atom is -0.481 e. The van der Waals surface area contributed by atoms with Gasteiger partial charge in [0.05, 0.1) is 0 Å². The van der Waals surface area contributed by atoms with Gasteiger partial charge in [-0.05, 0) is 70.3 Å². The molecule has 0 aromatic rings. The van der Waals surface area contributed by atoms with Crippen LogP contribution in [0.4, 0.5) is 0 Å². The van der Waals surface area contributed by atoms with E-state index in [0.29, 0.717) is 6.42 Å². The molecule has 0 aliphatic carbocycles. The third-order valence-corrected chi connectivity index (χ3v) is 9.38. The normalized spacial score (nSPS) is 12.4. The largest absolute Gasteiger partial charge is 0.481 e. The van der Waals surface area contributed by atoms with Crippen molar-refractivity contribution >= 4 is 11.9 Å². The summed E-state index contributed by atoms with van der Waals surface area (Å²) in [6, 6.07) is 0. The molecular weight excluding hydrogens is 580 g/mol. The summed E-state index contributed by atoms with van der Waals surface area (Å²) in [5.74, 6) is -0.735. The maximum Gasteiger partial charge on any atom is 0.306 e. The fraction of sp³-hybridized carbons (Fsp3) is 0.860. The van der Waals surface area contributed by atoms with Crippen molar-refractivity contribution in [2.75, 3.05) is 0 Å². The number of esters is 1. The Morgan fingerprint density at radius 2 is 0.830 bits per heavy atom. The number of hydrogen-bond acceptors (Lipinski definition) is 3. The highest BCUT2D eigenvalue weighted by molar-refractivity contribution is 5.69. The summed E-state index contributed by atoms with van der Waals surface area (Å²) in [7, 11) is 0. The van der Waals surface area contributed by atoms with Crippen molar-refractivity contribution in [3.05, 3.63) is 24.3 Å². The van der Waals surface area contributed by atoms with E-state index < -0.39 is 5.97 Å². The summed E-state index contributed by atoms with van der Waals surface area (Å²) in [4.78, 5) is 23.3. The van der Waals surface area contributed by atoms with Gasteiger partial charge in [0.15, 0.2) is 0 Å². The summed E-state index contributed by atoms with van der Waals surface area (Å²) in [6.07, 6.45) is 49.3. The lowest BCUT2D eigenvalue weighted by Crippen LogP contribution is -2.16. The molecule has 1 atom stereocenters. The van der Waals surface area contributed by atoms with Gasteiger partial charge in [0.25, 0.3) is 0 Å². The fourth-order valence-corrected chi connectivity index (χ4v) is 6.27. The van der Waals surface area contributed by atoms with Gasteiger partial charge in [0, 0.05) is 12.8 Å². The summed E-state index contributed by atoms with van der Waals surface area (Å²) in [5.41, 5.74) is 0. The number of carbonyl (C=O) groups excluding carboxylic acids is 1. The SMILES string of the molecule is CCCCCCCC/C=C\CCCCCCCCCCCC(=O)OC(/C=C\CCCCCCCCC)CCCCCCCCC(=O)O. The first-order valence-corrected chi connectivity index (χ1v) is 20.8. The maximum atomic E-state index is 12.6. The molecule has 0 aromatic heterocycles. The molecule has 47 heavy (non-hydrogen) atoms. The predicted octanol–water partition coefficient (Wildman–Crippen LogP) is 14.4. The van der Waals surface area contributed by atoms with E-state index in [1.54, 1.807) is 0 Å².